The average molecular weight is 220 g/mol. The van der Waals surface area contributed by atoms with Crippen molar-refractivity contribution in [2.45, 2.75) is 25.8 Å². The van der Waals surface area contributed by atoms with Gasteiger partial charge < -0.3 is 15.2 Å². The largest absolute Gasteiger partial charge is 0.548 e. The van der Waals surface area contributed by atoms with Crippen LogP contribution < -0.4 is 10.4 Å². The van der Waals surface area contributed by atoms with Gasteiger partial charge in [-0.3, -0.25) is 4.79 Å². The average Bonchev–Trinajstić information content (AvgIpc) is 2.27. The fraction of sp³-hybridized carbons (Fsp3) is 0.333. The number of rotatable bonds is 5. The lowest BCUT2D eigenvalue weighted by atomic mass is 10.1. The number of benzene rings is 1. The van der Waals surface area contributed by atoms with E-state index < -0.39 is 12.0 Å². The van der Waals surface area contributed by atoms with Crippen LogP contribution in [0.2, 0.25) is 0 Å². The van der Waals surface area contributed by atoms with Gasteiger partial charge in [0, 0.05) is 0 Å². The number of nitrogens with one attached hydrogen (secondary N) is 1. The lowest BCUT2D eigenvalue weighted by Gasteiger charge is -2.17. The quantitative estimate of drug-likeness (QED) is 0.751. The summed E-state index contributed by atoms with van der Waals surface area (Å²) in [5, 5.41) is 13.0. The molecule has 1 atom stereocenters. The summed E-state index contributed by atoms with van der Waals surface area (Å²) in [4.78, 5) is 22.1. The second-order valence-corrected chi connectivity index (χ2v) is 3.51. The molecule has 0 aliphatic heterocycles. The summed E-state index contributed by atoms with van der Waals surface area (Å²) in [6.07, 6.45) is 0.507. The Morgan fingerprint density at radius 1 is 1.31 bits per heavy atom. The van der Waals surface area contributed by atoms with Crippen molar-refractivity contribution in [3.8, 4) is 0 Å². The zero-order valence-electron chi connectivity index (χ0n) is 9.10. The van der Waals surface area contributed by atoms with Crippen LogP contribution in [0.15, 0.2) is 30.3 Å². The van der Waals surface area contributed by atoms with E-state index in [0.29, 0.717) is 6.42 Å². The zero-order valence-corrected chi connectivity index (χ0v) is 9.10. The number of carbonyl (C=O) groups excluding carboxylic acids is 2. The molecular formula is C12H14NO3-. The van der Waals surface area contributed by atoms with Crippen LogP contribution in [0, 0.1) is 0 Å². The van der Waals surface area contributed by atoms with Crippen molar-refractivity contribution in [3.63, 3.8) is 0 Å². The predicted molar refractivity (Wildman–Crippen MR) is 57.4 cm³/mol. The Hall–Kier alpha value is -1.84. The lowest BCUT2D eigenvalue weighted by Crippen LogP contribution is -2.47. The Morgan fingerprint density at radius 2 is 1.94 bits per heavy atom. The summed E-state index contributed by atoms with van der Waals surface area (Å²) >= 11 is 0. The molecule has 1 aromatic carbocycles. The van der Waals surface area contributed by atoms with Crippen molar-refractivity contribution < 1.29 is 14.7 Å². The summed E-state index contributed by atoms with van der Waals surface area (Å²) in [5.41, 5.74) is 0.855. The lowest BCUT2D eigenvalue weighted by molar-refractivity contribution is -0.308. The number of hydrogen-bond donors (Lipinski definition) is 1. The molecule has 4 nitrogen and oxygen atoms in total. The fourth-order valence-electron chi connectivity index (χ4n) is 1.35. The van der Waals surface area contributed by atoms with E-state index in [1.807, 2.05) is 30.3 Å². The van der Waals surface area contributed by atoms with Gasteiger partial charge in [-0.1, -0.05) is 37.3 Å². The molecule has 4 heteroatoms. The third kappa shape index (κ3) is 3.73. The minimum Gasteiger partial charge on any atom is -0.548 e. The van der Waals surface area contributed by atoms with Crippen molar-refractivity contribution in [3.05, 3.63) is 35.9 Å². The van der Waals surface area contributed by atoms with Gasteiger partial charge in [0.15, 0.2) is 0 Å². The van der Waals surface area contributed by atoms with Gasteiger partial charge in [-0.05, 0) is 12.0 Å². The standard InChI is InChI=1S/C12H15NO3/c1-2-10(12(15)16)13-11(14)8-9-6-4-3-5-7-9/h3-7,10H,2,8H2,1H3,(H,13,14)(H,15,16)/p-1/t10-/m1/s1. The van der Waals surface area contributed by atoms with Crippen LogP contribution in [0.25, 0.3) is 0 Å². The van der Waals surface area contributed by atoms with Gasteiger partial charge >= 0.3 is 0 Å². The third-order valence-electron chi connectivity index (χ3n) is 2.24. The maximum absolute atomic E-state index is 11.5. The number of carboxylic acids is 1. The fourth-order valence-corrected chi connectivity index (χ4v) is 1.35. The molecule has 1 aromatic rings. The molecule has 0 aliphatic rings. The van der Waals surface area contributed by atoms with Crippen LogP contribution >= 0.6 is 0 Å². The van der Waals surface area contributed by atoms with E-state index >= 15 is 0 Å². The first kappa shape index (κ1) is 12.2. The van der Waals surface area contributed by atoms with Gasteiger partial charge in [0.05, 0.1) is 18.4 Å². The highest BCUT2D eigenvalue weighted by molar-refractivity contribution is 5.84. The summed E-state index contributed by atoms with van der Waals surface area (Å²) in [6, 6.07) is 8.25. The molecule has 0 unspecified atom stereocenters. The number of amides is 1. The maximum atomic E-state index is 11.5. The molecule has 0 aromatic heterocycles. The van der Waals surface area contributed by atoms with Crippen LogP contribution in [0.5, 0.6) is 0 Å². The second-order valence-electron chi connectivity index (χ2n) is 3.51. The Balaban J connectivity index is 2.50. The van der Waals surface area contributed by atoms with Crippen molar-refractivity contribution >= 4 is 11.9 Å². The highest BCUT2D eigenvalue weighted by Gasteiger charge is 2.11. The topological polar surface area (TPSA) is 69.2 Å². The third-order valence-corrected chi connectivity index (χ3v) is 2.24. The molecule has 0 saturated heterocycles. The van der Waals surface area contributed by atoms with E-state index in [1.54, 1.807) is 6.92 Å². The van der Waals surface area contributed by atoms with Gasteiger partial charge in [-0.15, -0.1) is 0 Å². The molecular weight excluding hydrogens is 206 g/mol. The molecule has 0 radical (unpaired) electrons. The van der Waals surface area contributed by atoms with E-state index in [1.165, 1.54) is 0 Å². The van der Waals surface area contributed by atoms with Crippen LogP contribution in [0.1, 0.15) is 18.9 Å². The highest BCUT2D eigenvalue weighted by atomic mass is 16.4. The molecule has 0 spiro atoms. The Kier molecular flexibility index (Phi) is 4.51. The molecule has 0 aliphatic carbocycles. The van der Waals surface area contributed by atoms with Crippen LogP contribution in [0.4, 0.5) is 0 Å². The monoisotopic (exact) mass is 220 g/mol. The van der Waals surface area contributed by atoms with Gasteiger partial charge in [0.2, 0.25) is 5.91 Å². The SMILES string of the molecule is CC[C@@H](NC(=O)Cc1ccccc1)C(=O)[O-]. The summed E-state index contributed by atoms with van der Waals surface area (Å²) in [5.74, 6) is -1.55. The molecule has 0 saturated carbocycles. The Labute approximate surface area is 94.3 Å². The van der Waals surface area contributed by atoms with Crippen molar-refractivity contribution in [1.82, 2.24) is 5.32 Å². The summed E-state index contributed by atoms with van der Waals surface area (Å²) < 4.78 is 0. The summed E-state index contributed by atoms with van der Waals surface area (Å²) in [6.45, 7) is 1.68. The van der Waals surface area contributed by atoms with Crippen molar-refractivity contribution in [2.75, 3.05) is 0 Å². The zero-order chi connectivity index (χ0) is 12.0. The molecule has 1 N–H and O–H groups in total. The first-order valence-corrected chi connectivity index (χ1v) is 5.17. The molecule has 16 heavy (non-hydrogen) atoms. The Morgan fingerprint density at radius 3 is 2.44 bits per heavy atom. The second kappa shape index (κ2) is 5.90. The normalized spacial score (nSPS) is 11.8. The van der Waals surface area contributed by atoms with Gasteiger partial charge in [-0.25, -0.2) is 0 Å². The molecule has 1 amide bonds. The Bertz CT molecular complexity index is 362. The van der Waals surface area contributed by atoms with Gasteiger partial charge in [0.25, 0.3) is 0 Å². The van der Waals surface area contributed by atoms with Crippen molar-refractivity contribution in [1.29, 1.82) is 0 Å². The van der Waals surface area contributed by atoms with E-state index in [9.17, 15) is 14.7 Å². The first-order valence-electron chi connectivity index (χ1n) is 5.17. The first-order chi connectivity index (χ1) is 7.63. The molecule has 1 rings (SSSR count). The minimum absolute atomic E-state index is 0.185. The number of carboxylic acid groups (broad SMARTS) is 1. The van der Waals surface area contributed by atoms with Crippen LogP contribution in [0.3, 0.4) is 0 Å². The number of aliphatic carboxylic acids is 1. The summed E-state index contributed by atoms with van der Waals surface area (Å²) in [7, 11) is 0. The smallest absolute Gasteiger partial charge is 0.224 e. The van der Waals surface area contributed by atoms with E-state index in [0.717, 1.165) is 5.56 Å². The van der Waals surface area contributed by atoms with Crippen LogP contribution in [-0.4, -0.2) is 17.9 Å². The van der Waals surface area contributed by atoms with E-state index in [-0.39, 0.29) is 12.3 Å². The molecule has 86 valence electrons. The van der Waals surface area contributed by atoms with E-state index in [2.05, 4.69) is 5.32 Å². The maximum Gasteiger partial charge on any atom is 0.224 e. The van der Waals surface area contributed by atoms with Gasteiger partial charge in [-0.2, -0.15) is 0 Å². The predicted octanol–water partition coefficient (Wildman–Crippen LogP) is -0.126. The molecule has 0 bridgehead atoms. The number of hydrogen-bond acceptors (Lipinski definition) is 3. The van der Waals surface area contributed by atoms with Gasteiger partial charge in [0.1, 0.15) is 0 Å². The van der Waals surface area contributed by atoms with Crippen LogP contribution in [-0.2, 0) is 16.0 Å². The molecule has 0 fully saturated rings. The minimum atomic E-state index is -1.25. The molecule has 0 heterocycles. The highest BCUT2D eigenvalue weighted by Crippen LogP contribution is 2.00. The van der Waals surface area contributed by atoms with E-state index in [4.69, 9.17) is 0 Å². The van der Waals surface area contributed by atoms with Crippen molar-refractivity contribution in [2.24, 2.45) is 0 Å². The number of carbonyl (C=O) groups is 2.